The molecular weight excluding hydrogens is 731 g/mol. The van der Waals surface area contributed by atoms with Crippen LogP contribution in [0.1, 0.15) is 118 Å². The van der Waals surface area contributed by atoms with Gasteiger partial charge in [-0.25, -0.2) is 0 Å². The van der Waals surface area contributed by atoms with Crippen molar-refractivity contribution in [3.63, 3.8) is 0 Å². The van der Waals surface area contributed by atoms with Crippen LogP contribution in [0.3, 0.4) is 0 Å². The Morgan fingerprint density at radius 3 is 1.97 bits per heavy atom. The summed E-state index contributed by atoms with van der Waals surface area (Å²) in [7, 11) is 0. The molecule has 0 bridgehead atoms. The first kappa shape index (κ1) is 38.4. The Kier molecular flexibility index (Phi) is 8.53. The van der Waals surface area contributed by atoms with Crippen LogP contribution in [-0.4, -0.2) is 6.71 Å². The number of anilines is 4. The zero-order chi connectivity index (χ0) is 41.4. The van der Waals surface area contributed by atoms with Gasteiger partial charge in [0.1, 0.15) is 0 Å². The molecule has 298 valence electrons. The fourth-order valence-corrected chi connectivity index (χ4v) is 12.0. The molecule has 5 aromatic carbocycles. The van der Waals surface area contributed by atoms with Gasteiger partial charge >= 0.3 is 0 Å². The average molecular weight is 791 g/mol. The number of para-hydroxylation sites is 1. The molecule has 0 spiro atoms. The van der Waals surface area contributed by atoms with Gasteiger partial charge in [-0.3, -0.25) is 0 Å². The smallest absolute Gasteiger partial charge is 0.264 e. The Hall–Kier alpha value is -4.80. The Morgan fingerprint density at radius 2 is 1.29 bits per heavy atom. The van der Waals surface area contributed by atoms with Crippen molar-refractivity contribution >= 4 is 61.1 Å². The molecule has 2 aliphatic heterocycles. The zero-order valence-corrected chi connectivity index (χ0v) is 37.9. The van der Waals surface area contributed by atoms with Crippen molar-refractivity contribution in [1.29, 1.82) is 0 Å². The lowest BCUT2D eigenvalue weighted by atomic mass is 9.34. The Balaban J connectivity index is 1.32. The second-order valence-corrected chi connectivity index (χ2v) is 22.5. The number of hydrogen-bond donors (Lipinski definition) is 0. The molecule has 0 saturated heterocycles. The number of rotatable bonds is 3. The summed E-state index contributed by atoms with van der Waals surface area (Å²) < 4.78 is 2.88. The van der Waals surface area contributed by atoms with E-state index in [0.29, 0.717) is 5.92 Å². The highest BCUT2D eigenvalue weighted by molar-refractivity contribution is 7.32. The Labute approximate surface area is 357 Å². The highest BCUT2D eigenvalue weighted by atomic mass is 32.1. The van der Waals surface area contributed by atoms with Gasteiger partial charge in [0.15, 0.2) is 0 Å². The normalized spacial score (nSPS) is 19.3. The van der Waals surface area contributed by atoms with Gasteiger partial charge in [-0.05, 0) is 122 Å². The minimum Gasteiger partial charge on any atom is -0.315 e. The summed E-state index contributed by atoms with van der Waals surface area (Å²) in [6.07, 6.45) is 6.00. The Bertz CT molecular complexity index is 2730. The molecule has 4 aliphatic rings. The predicted molar refractivity (Wildman–Crippen MR) is 257 cm³/mol. The van der Waals surface area contributed by atoms with Crippen LogP contribution in [0, 0.1) is 5.92 Å². The lowest BCUT2D eigenvalue weighted by Gasteiger charge is -2.48. The van der Waals surface area contributed by atoms with Gasteiger partial charge in [0.2, 0.25) is 0 Å². The van der Waals surface area contributed by atoms with E-state index in [1.54, 1.807) is 0 Å². The van der Waals surface area contributed by atoms with E-state index in [2.05, 4.69) is 213 Å². The zero-order valence-electron chi connectivity index (χ0n) is 37.0. The van der Waals surface area contributed by atoms with Crippen molar-refractivity contribution in [3.8, 4) is 11.1 Å². The van der Waals surface area contributed by atoms with E-state index >= 15 is 0 Å². The summed E-state index contributed by atoms with van der Waals surface area (Å²) in [4.78, 5) is 5.37. The number of nitrogens with zero attached hydrogens (tertiary/aromatic N) is 2. The summed E-state index contributed by atoms with van der Waals surface area (Å²) in [6, 6.07) is 42.3. The number of hydrogen-bond acceptors (Lipinski definition) is 3. The molecule has 0 amide bonds. The molecule has 0 fully saturated rings. The van der Waals surface area contributed by atoms with E-state index in [1.807, 2.05) is 0 Å². The van der Waals surface area contributed by atoms with Crippen LogP contribution in [0.2, 0.25) is 0 Å². The lowest BCUT2D eigenvalue weighted by molar-refractivity contribution is 0.332. The first-order valence-electron chi connectivity index (χ1n) is 22.0. The van der Waals surface area contributed by atoms with Crippen LogP contribution >= 0.6 is 11.3 Å². The van der Waals surface area contributed by atoms with Crippen molar-refractivity contribution < 1.29 is 0 Å². The van der Waals surface area contributed by atoms with Crippen molar-refractivity contribution in [3.05, 3.63) is 154 Å². The number of benzene rings is 5. The highest BCUT2D eigenvalue weighted by Gasteiger charge is 2.49. The van der Waals surface area contributed by atoms with E-state index in [0.717, 1.165) is 6.42 Å². The third kappa shape index (κ3) is 6.02. The largest absolute Gasteiger partial charge is 0.315 e. The molecule has 0 saturated carbocycles. The van der Waals surface area contributed by atoms with Gasteiger partial charge in [-0.2, -0.15) is 0 Å². The molecule has 59 heavy (non-hydrogen) atoms. The molecule has 6 aromatic rings. The molecule has 0 unspecified atom stereocenters. The Morgan fingerprint density at radius 1 is 0.661 bits per heavy atom. The first-order chi connectivity index (χ1) is 27.9. The third-order valence-corrected chi connectivity index (χ3v) is 15.4. The van der Waals surface area contributed by atoms with Crippen LogP contribution in [0.4, 0.5) is 22.7 Å². The van der Waals surface area contributed by atoms with Gasteiger partial charge in [-0.1, -0.05) is 155 Å². The van der Waals surface area contributed by atoms with Crippen molar-refractivity contribution in [2.45, 2.75) is 117 Å². The second kappa shape index (κ2) is 13.1. The monoisotopic (exact) mass is 790 g/mol. The SMILES string of the molecule is C[C@@H]1C=C2C3=C(C1)N(c1ccccc1-c1ccccc1)c1cc(C(C)(C)C)ccc1B3c1sc3cc4c(cc3c1N2c1ccc(C(C)(C)C)cc1)C(C)(C)CCC4(C)C. The first-order valence-corrected chi connectivity index (χ1v) is 22.8. The molecule has 2 nitrogen and oxygen atoms in total. The fourth-order valence-electron chi connectivity index (χ4n) is 10.6. The topological polar surface area (TPSA) is 6.48 Å². The quantitative estimate of drug-likeness (QED) is 0.165. The minimum atomic E-state index is 0.00323. The molecule has 0 N–H and O–H groups in total. The van der Waals surface area contributed by atoms with Gasteiger partial charge in [0, 0.05) is 43.2 Å². The number of allylic oxidation sites excluding steroid dienone is 3. The van der Waals surface area contributed by atoms with E-state index in [1.165, 1.54) is 106 Å². The van der Waals surface area contributed by atoms with Crippen molar-refractivity contribution in [2.24, 2.45) is 5.92 Å². The molecule has 3 heterocycles. The summed E-state index contributed by atoms with van der Waals surface area (Å²) in [5, 5.41) is 1.40. The standard InChI is InChI=1S/C55H59BN2S/c1-34-29-46-49-47(30-34)58(44-20-16-15-19-39(44)35-17-13-12-14-18-35)45-31-37(53(5,6)7)23-26-43(45)56(49)51-50(57(46)38-24-21-36(22-25-38)52(2,3)4)40-32-41-42(33-48(40)59-51)55(10,11)28-27-54(41,8)9/h12-26,29,31-34H,27-28,30H2,1-11H3/t34-/m1/s1. The van der Waals surface area contributed by atoms with Gasteiger partial charge in [-0.15, -0.1) is 11.3 Å². The fraction of sp³-hybridized carbons (Fsp3) is 0.345. The van der Waals surface area contributed by atoms with Crippen molar-refractivity contribution in [1.82, 2.24) is 0 Å². The van der Waals surface area contributed by atoms with Gasteiger partial charge in [0.25, 0.3) is 6.71 Å². The summed E-state index contributed by atoms with van der Waals surface area (Å²) in [5.74, 6) is 0.346. The lowest BCUT2D eigenvalue weighted by Crippen LogP contribution is -2.56. The maximum absolute atomic E-state index is 2.69. The van der Waals surface area contributed by atoms with E-state index in [9.17, 15) is 0 Å². The third-order valence-electron chi connectivity index (χ3n) is 14.2. The molecule has 10 rings (SSSR count). The highest BCUT2D eigenvalue weighted by Crippen LogP contribution is 2.55. The summed E-state index contributed by atoms with van der Waals surface area (Å²) in [6.45, 7) is 26.4. The molecule has 2 aliphatic carbocycles. The molecule has 1 aromatic heterocycles. The maximum atomic E-state index is 2.69. The van der Waals surface area contributed by atoms with Gasteiger partial charge < -0.3 is 9.80 Å². The molecule has 0 radical (unpaired) electrons. The average Bonchev–Trinajstić information content (AvgIpc) is 3.57. The van der Waals surface area contributed by atoms with Gasteiger partial charge in [0.05, 0.1) is 11.4 Å². The summed E-state index contributed by atoms with van der Waals surface area (Å²) >= 11 is 2.05. The molecule has 4 heteroatoms. The van der Waals surface area contributed by atoms with Crippen molar-refractivity contribution in [2.75, 3.05) is 9.80 Å². The molecular formula is C55H59BN2S. The van der Waals surface area contributed by atoms with Crippen LogP contribution in [0.15, 0.2) is 132 Å². The van der Waals surface area contributed by atoms with E-state index in [-0.39, 0.29) is 28.4 Å². The van der Waals surface area contributed by atoms with Crippen LogP contribution in [0.5, 0.6) is 0 Å². The minimum absolute atomic E-state index is 0.00323. The van der Waals surface area contributed by atoms with E-state index in [4.69, 9.17) is 0 Å². The summed E-state index contributed by atoms with van der Waals surface area (Å²) in [5.41, 5.74) is 19.5. The number of fused-ring (bicyclic) bond motifs is 7. The van der Waals surface area contributed by atoms with E-state index < -0.39 is 0 Å². The van der Waals surface area contributed by atoms with Crippen LogP contribution in [0.25, 0.3) is 21.2 Å². The molecule has 1 atom stereocenters. The predicted octanol–water partition coefficient (Wildman–Crippen LogP) is 14.1. The second-order valence-electron chi connectivity index (χ2n) is 21.4. The van der Waals surface area contributed by atoms with Crippen LogP contribution < -0.4 is 20.0 Å². The van der Waals surface area contributed by atoms with Crippen LogP contribution in [-0.2, 0) is 21.7 Å². The maximum Gasteiger partial charge on any atom is 0.264 e. The number of thiophene rings is 1.